The van der Waals surface area contributed by atoms with Crippen LogP contribution in [-0.2, 0) is 6.54 Å². The van der Waals surface area contributed by atoms with Gasteiger partial charge >= 0.3 is 0 Å². The first kappa shape index (κ1) is 10.9. The monoisotopic (exact) mass is 195 g/mol. The van der Waals surface area contributed by atoms with E-state index in [9.17, 15) is 4.79 Å². The summed E-state index contributed by atoms with van der Waals surface area (Å²) in [6.07, 6.45) is 3.52. The zero-order valence-electron chi connectivity index (χ0n) is 8.73. The third-order valence-electron chi connectivity index (χ3n) is 2.04. The lowest BCUT2D eigenvalue weighted by atomic mass is 10.2. The molecule has 0 saturated heterocycles. The lowest BCUT2D eigenvalue weighted by molar-refractivity contribution is 0.505. The molecule has 4 nitrogen and oxygen atoms in total. The number of rotatable bonds is 4. The zero-order chi connectivity index (χ0) is 10.6. The molecule has 14 heavy (non-hydrogen) atoms. The molecule has 2 N–H and O–H groups in total. The van der Waals surface area contributed by atoms with Crippen LogP contribution in [0.15, 0.2) is 17.1 Å². The first-order valence-electron chi connectivity index (χ1n) is 4.89. The minimum absolute atomic E-state index is 0.0327. The highest BCUT2D eigenvalue weighted by Gasteiger charge is 1.98. The predicted octanol–water partition coefficient (Wildman–Crippen LogP) is 0.679. The number of hydrogen-bond donors (Lipinski definition) is 1. The molecule has 0 bridgehead atoms. The van der Waals surface area contributed by atoms with Crippen LogP contribution in [0.5, 0.6) is 0 Å². The van der Waals surface area contributed by atoms with Gasteiger partial charge in [0.25, 0.3) is 5.56 Å². The van der Waals surface area contributed by atoms with Gasteiger partial charge in [-0.3, -0.25) is 4.79 Å². The molecule has 1 rings (SSSR count). The summed E-state index contributed by atoms with van der Waals surface area (Å²) in [5, 5.41) is 4.04. The molecule has 1 unspecified atom stereocenters. The van der Waals surface area contributed by atoms with E-state index < -0.39 is 0 Å². The topological polar surface area (TPSA) is 60.9 Å². The summed E-state index contributed by atoms with van der Waals surface area (Å²) in [5.41, 5.74) is 6.48. The van der Waals surface area contributed by atoms with Crippen molar-refractivity contribution in [3.05, 3.63) is 28.2 Å². The molecule has 1 aromatic heterocycles. The largest absolute Gasteiger partial charge is 0.328 e. The van der Waals surface area contributed by atoms with Crippen LogP contribution in [0, 0.1) is 6.92 Å². The van der Waals surface area contributed by atoms with Crippen molar-refractivity contribution < 1.29 is 0 Å². The highest BCUT2D eigenvalue weighted by atomic mass is 16.1. The quantitative estimate of drug-likeness (QED) is 0.768. The van der Waals surface area contributed by atoms with Crippen LogP contribution in [0.2, 0.25) is 0 Å². The Morgan fingerprint density at radius 1 is 1.64 bits per heavy atom. The molecule has 0 aromatic carbocycles. The second kappa shape index (κ2) is 4.91. The van der Waals surface area contributed by atoms with Gasteiger partial charge in [-0.15, -0.1) is 0 Å². The van der Waals surface area contributed by atoms with E-state index in [1.54, 1.807) is 12.3 Å². The Hall–Kier alpha value is -1.16. The molecular weight excluding hydrogens is 178 g/mol. The molecule has 0 fully saturated rings. The molecule has 78 valence electrons. The first-order chi connectivity index (χ1) is 6.59. The molecule has 0 aliphatic heterocycles. The number of nitrogens with zero attached hydrogens (tertiary/aromatic N) is 2. The van der Waals surface area contributed by atoms with Gasteiger partial charge in [0.15, 0.2) is 0 Å². The maximum absolute atomic E-state index is 11.4. The van der Waals surface area contributed by atoms with Gasteiger partial charge in [-0.05, 0) is 32.3 Å². The molecule has 1 heterocycles. The summed E-state index contributed by atoms with van der Waals surface area (Å²) in [6.45, 7) is 4.48. The highest BCUT2D eigenvalue weighted by molar-refractivity contribution is 5.02. The van der Waals surface area contributed by atoms with Crippen molar-refractivity contribution in [2.45, 2.75) is 39.3 Å². The van der Waals surface area contributed by atoms with Gasteiger partial charge in [0.05, 0.1) is 6.20 Å². The maximum Gasteiger partial charge on any atom is 0.266 e. The van der Waals surface area contributed by atoms with Crippen molar-refractivity contribution in [3.8, 4) is 0 Å². The van der Waals surface area contributed by atoms with Crippen LogP contribution in [0.25, 0.3) is 0 Å². The lowest BCUT2D eigenvalue weighted by Crippen LogP contribution is -2.23. The number of aromatic nitrogens is 2. The van der Waals surface area contributed by atoms with E-state index in [0.717, 1.165) is 18.4 Å². The Morgan fingerprint density at radius 3 is 2.93 bits per heavy atom. The molecule has 0 saturated carbocycles. The predicted molar refractivity (Wildman–Crippen MR) is 56.1 cm³/mol. The van der Waals surface area contributed by atoms with E-state index in [1.165, 1.54) is 4.68 Å². The Bertz CT molecular complexity index is 343. The van der Waals surface area contributed by atoms with Crippen LogP contribution < -0.4 is 11.3 Å². The third-order valence-corrected chi connectivity index (χ3v) is 2.04. The second-order valence-electron chi connectivity index (χ2n) is 3.71. The fourth-order valence-corrected chi connectivity index (χ4v) is 1.26. The smallest absolute Gasteiger partial charge is 0.266 e. The SMILES string of the molecule is Cc1cnn(CCCC(C)N)c(=O)c1. The summed E-state index contributed by atoms with van der Waals surface area (Å²) < 4.78 is 1.48. The van der Waals surface area contributed by atoms with Crippen LogP contribution in [0.4, 0.5) is 0 Å². The van der Waals surface area contributed by atoms with Gasteiger partial charge < -0.3 is 5.73 Å². The highest BCUT2D eigenvalue weighted by Crippen LogP contribution is 1.95. The fourth-order valence-electron chi connectivity index (χ4n) is 1.26. The molecule has 1 atom stereocenters. The molecule has 0 aliphatic rings. The fraction of sp³-hybridized carbons (Fsp3) is 0.600. The van der Waals surface area contributed by atoms with Gasteiger partial charge in [-0.1, -0.05) is 0 Å². The van der Waals surface area contributed by atoms with E-state index >= 15 is 0 Å². The minimum atomic E-state index is -0.0327. The van der Waals surface area contributed by atoms with E-state index in [0.29, 0.717) is 6.54 Å². The summed E-state index contributed by atoms with van der Waals surface area (Å²) >= 11 is 0. The molecule has 0 radical (unpaired) electrons. The number of nitrogens with two attached hydrogens (primary N) is 1. The Balaban J connectivity index is 2.55. The van der Waals surface area contributed by atoms with E-state index in [1.807, 2.05) is 13.8 Å². The van der Waals surface area contributed by atoms with Crippen LogP contribution in [0.3, 0.4) is 0 Å². The summed E-state index contributed by atoms with van der Waals surface area (Å²) in [6, 6.07) is 1.79. The van der Waals surface area contributed by atoms with Crippen molar-refractivity contribution in [1.82, 2.24) is 9.78 Å². The number of hydrogen-bond acceptors (Lipinski definition) is 3. The normalized spacial score (nSPS) is 12.8. The van der Waals surface area contributed by atoms with Gasteiger partial charge in [0, 0.05) is 18.7 Å². The maximum atomic E-state index is 11.4. The molecule has 0 spiro atoms. The van der Waals surface area contributed by atoms with Crippen molar-refractivity contribution in [3.63, 3.8) is 0 Å². The Kier molecular flexibility index (Phi) is 3.83. The van der Waals surface area contributed by atoms with Crippen LogP contribution in [-0.4, -0.2) is 15.8 Å². The average molecular weight is 195 g/mol. The van der Waals surface area contributed by atoms with Crippen molar-refractivity contribution in [2.75, 3.05) is 0 Å². The molecule has 1 aromatic rings. The van der Waals surface area contributed by atoms with Gasteiger partial charge in [0.2, 0.25) is 0 Å². The summed E-state index contributed by atoms with van der Waals surface area (Å²) in [7, 11) is 0. The van der Waals surface area contributed by atoms with Crippen LogP contribution in [0.1, 0.15) is 25.3 Å². The molecule has 0 aliphatic carbocycles. The van der Waals surface area contributed by atoms with Crippen molar-refractivity contribution >= 4 is 0 Å². The van der Waals surface area contributed by atoms with E-state index in [-0.39, 0.29) is 11.6 Å². The average Bonchev–Trinajstić information content (AvgIpc) is 2.08. The minimum Gasteiger partial charge on any atom is -0.328 e. The van der Waals surface area contributed by atoms with Gasteiger partial charge in [0.1, 0.15) is 0 Å². The summed E-state index contributed by atoms with van der Waals surface area (Å²) in [4.78, 5) is 11.4. The second-order valence-corrected chi connectivity index (χ2v) is 3.71. The zero-order valence-corrected chi connectivity index (χ0v) is 8.73. The van der Waals surface area contributed by atoms with Gasteiger partial charge in [-0.25, -0.2) is 4.68 Å². The lowest BCUT2D eigenvalue weighted by Gasteiger charge is -2.06. The Labute approximate surface area is 83.7 Å². The van der Waals surface area contributed by atoms with Gasteiger partial charge in [-0.2, -0.15) is 5.10 Å². The van der Waals surface area contributed by atoms with E-state index in [4.69, 9.17) is 5.73 Å². The molecule has 4 heteroatoms. The van der Waals surface area contributed by atoms with E-state index in [2.05, 4.69) is 5.10 Å². The number of aryl methyl sites for hydroxylation is 2. The van der Waals surface area contributed by atoms with Crippen molar-refractivity contribution in [2.24, 2.45) is 5.73 Å². The molecule has 0 amide bonds. The van der Waals surface area contributed by atoms with Crippen molar-refractivity contribution in [1.29, 1.82) is 0 Å². The molecular formula is C10H17N3O. The first-order valence-corrected chi connectivity index (χ1v) is 4.89. The standard InChI is InChI=1S/C10H17N3O/c1-8-6-10(14)13(12-7-8)5-3-4-9(2)11/h6-7,9H,3-5,11H2,1-2H3. The summed E-state index contributed by atoms with van der Waals surface area (Å²) in [5.74, 6) is 0. The van der Waals surface area contributed by atoms with Crippen LogP contribution >= 0.6 is 0 Å². The third kappa shape index (κ3) is 3.30. The Morgan fingerprint density at radius 2 is 2.36 bits per heavy atom.